The van der Waals surface area contributed by atoms with Crippen molar-refractivity contribution in [1.82, 2.24) is 0 Å². The first-order chi connectivity index (χ1) is 22.2. The summed E-state index contributed by atoms with van der Waals surface area (Å²) in [5.41, 5.74) is 1.60. The number of benzene rings is 4. The van der Waals surface area contributed by atoms with Gasteiger partial charge in [0.05, 0.1) is 38.6 Å². The molecule has 0 saturated carbocycles. The normalized spacial score (nSPS) is 12.8. The monoisotopic (exact) mass is 748 g/mol. The predicted molar refractivity (Wildman–Crippen MR) is 160 cm³/mol. The molecule has 4 aromatic rings. The molecule has 0 aliphatic rings. The third-order valence-electron chi connectivity index (χ3n) is 5.91. The van der Waals surface area contributed by atoms with Crippen LogP contribution in [0, 0.1) is 10.1 Å². The predicted octanol–water partition coefficient (Wildman–Crippen LogP) is 4.74. The Morgan fingerprint density at radius 1 is 0.750 bits per heavy atom. The first-order valence-corrected chi connectivity index (χ1v) is 16.9. The standard InChI is InChI=1S/C22H16N6O16S4/c23-12-3-1-10(7-15(12)46(34,35)36)24-27-20-17(48(40,41)42)6-9-5-14(45-44-43-33)19(21(29)18(9)22(20)30)26-25-13-4-2-11(28(31)32)8-16(13)47(37,38)39/h1-8,29-30,33H,23H2,(H,34,35,36)(H,37,38,39)(H,40,41,42). The van der Waals surface area contributed by atoms with E-state index in [1.165, 1.54) is 0 Å². The lowest BCUT2D eigenvalue weighted by Crippen LogP contribution is -2.02. The summed E-state index contributed by atoms with van der Waals surface area (Å²) in [4.78, 5) is 6.76. The van der Waals surface area contributed by atoms with Crippen LogP contribution in [-0.2, 0) is 39.7 Å². The van der Waals surface area contributed by atoms with Gasteiger partial charge in [-0.1, -0.05) is 5.04 Å². The van der Waals surface area contributed by atoms with Gasteiger partial charge in [-0.05, 0) is 41.8 Å². The van der Waals surface area contributed by atoms with Crippen molar-refractivity contribution in [2.45, 2.75) is 19.6 Å². The number of rotatable bonds is 11. The Labute approximate surface area is 271 Å². The van der Waals surface area contributed by atoms with Gasteiger partial charge < -0.3 is 15.9 Å². The second kappa shape index (κ2) is 13.3. The minimum atomic E-state index is -5.24. The highest BCUT2D eigenvalue weighted by atomic mass is 32.2. The molecule has 0 aromatic heterocycles. The van der Waals surface area contributed by atoms with Crippen molar-refractivity contribution in [2.75, 3.05) is 5.73 Å². The molecule has 254 valence electrons. The average molecular weight is 749 g/mol. The van der Waals surface area contributed by atoms with Crippen molar-refractivity contribution in [3.8, 4) is 11.5 Å². The van der Waals surface area contributed by atoms with E-state index >= 15 is 0 Å². The summed E-state index contributed by atoms with van der Waals surface area (Å²) >= 11 is 0.104. The van der Waals surface area contributed by atoms with Gasteiger partial charge in [0.1, 0.15) is 31.7 Å². The first-order valence-electron chi connectivity index (χ1n) is 11.9. The largest absolute Gasteiger partial charge is 0.505 e. The highest BCUT2D eigenvalue weighted by molar-refractivity contribution is 7.94. The van der Waals surface area contributed by atoms with Crippen molar-refractivity contribution < 1.29 is 68.7 Å². The van der Waals surface area contributed by atoms with Gasteiger partial charge in [-0.15, -0.1) is 19.7 Å². The molecule has 22 nitrogen and oxygen atoms in total. The molecule has 0 amide bonds. The van der Waals surface area contributed by atoms with Gasteiger partial charge in [0, 0.05) is 12.1 Å². The molecular formula is C22H16N6O16S4. The zero-order valence-corrected chi connectivity index (χ0v) is 26.1. The second-order valence-corrected chi connectivity index (χ2v) is 13.8. The molecule has 0 bridgehead atoms. The summed E-state index contributed by atoms with van der Waals surface area (Å²) in [6, 6.07) is 6.50. The third-order valence-corrected chi connectivity index (χ3v) is 9.19. The molecule has 0 aliphatic carbocycles. The van der Waals surface area contributed by atoms with Crippen LogP contribution in [0.25, 0.3) is 10.8 Å². The van der Waals surface area contributed by atoms with Crippen LogP contribution in [0.15, 0.2) is 88.6 Å². The number of nitrogen functional groups attached to an aromatic ring is 1. The molecule has 8 N–H and O–H groups in total. The zero-order valence-electron chi connectivity index (χ0n) is 22.8. The average Bonchev–Trinajstić information content (AvgIpc) is 2.97. The van der Waals surface area contributed by atoms with Crippen molar-refractivity contribution >= 4 is 87.3 Å². The molecular weight excluding hydrogens is 733 g/mol. The third kappa shape index (κ3) is 7.62. The Morgan fingerprint density at radius 2 is 1.35 bits per heavy atom. The highest BCUT2D eigenvalue weighted by Crippen LogP contribution is 2.51. The van der Waals surface area contributed by atoms with E-state index in [9.17, 15) is 59.2 Å². The minimum absolute atomic E-state index is 0.104. The number of nitrogens with two attached hydrogens (primary N) is 1. The topological polar surface area (TPSA) is 361 Å². The zero-order chi connectivity index (χ0) is 35.8. The van der Waals surface area contributed by atoms with E-state index in [0.29, 0.717) is 12.1 Å². The van der Waals surface area contributed by atoms with Gasteiger partial charge >= 0.3 is 0 Å². The first kappa shape index (κ1) is 35.9. The number of nitro groups is 1. The van der Waals surface area contributed by atoms with Crippen LogP contribution in [0.2, 0.25) is 0 Å². The summed E-state index contributed by atoms with van der Waals surface area (Å²) in [6.45, 7) is 0. The lowest BCUT2D eigenvalue weighted by atomic mass is 10.1. The molecule has 0 atom stereocenters. The van der Waals surface area contributed by atoms with Crippen molar-refractivity contribution in [1.29, 1.82) is 0 Å². The van der Waals surface area contributed by atoms with Crippen LogP contribution >= 0.6 is 12.0 Å². The van der Waals surface area contributed by atoms with Gasteiger partial charge in [-0.2, -0.15) is 30.4 Å². The number of anilines is 1. The molecule has 0 unspecified atom stereocenters. The lowest BCUT2D eigenvalue weighted by Gasteiger charge is -2.13. The fourth-order valence-electron chi connectivity index (χ4n) is 3.89. The number of nitro benzene ring substituents is 1. The van der Waals surface area contributed by atoms with Crippen molar-refractivity contribution in [3.05, 3.63) is 58.6 Å². The van der Waals surface area contributed by atoms with E-state index in [-0.39, 0.29) is 28.0 Å². The van der Waals surface area contributed by atoms with E-state index in [4.69, 9.17) is 11.0 Å². The number of azo groups is 2. The molecule has 4 rings (SSSR count). The van der Waals surface area contributed by atoms with E-state index in [0.717, 1.165) is 36.4 Å². The van der Waals surface area contributed by atoms with E-state index in [1.807, 2.05) is 0 Å². The van der Waals surface area contributed by atoms with E-state index in [1.54, 1.807) is 0 Å². The maximum absolute atomic E-state index is 12.3. The molecule has 0 saturated heterocycles. The number of non-ortho nitro benzene ring substituents is 1. The molecule has 26 heteroatoms. The van der Waals surface area contributed by atoms with Gasteiger partial charge in [0.25, 0.3) is 36.0 Å². The summed E-state index contributed by atoms with van der Waals surface area (Å²) in [5.74, 6) is -2.25. The number of fused-ring (bicyclic) bond motifs is 1. The lowest BCUT2D eigenvalue weighted by molar-refractivity contribution is -0.432. The molecule has 4 aromatic carbocycles. The fourth-order valence-corrected chi connectivity index (χ4v) is 6.32. The van der Waals surface area contributed by atoms with Crippen LogP contribution < -0.4 is 5.73 Å². The molecule has 48 heavy (non-hydrogen) atoms. The summed E-state index contributed by atoms with van der Waals surface area (Å²) in [5, 5.41) is 58.9. The molecule has 0 fully saturated rings. The number of phenolic OH excluding ortho intramolecular Hbond substituents is 2. The van der Waals surface area contributed by atoms with Crippen molar-refractivity contribution in [2.24, 2.45) is 20.5 Å². The number of hydrogen-bond acceptors (Lipinski definition) is 19. The number of aromatic hydroxyl groups is 2. The summed E-state index contributed by atoms with van der Waals surface area (Å²) in [7, 11) is -15.2. The molecule has 0 spiro atoms. The smallest absolute Gasteiger partial charge is 0.297 e. The molecule has 0 aliphatic heterocycles. The second-order valence-electron chi connectivity index (χ2n) is 8.92. The van der Waals surface area contributed by atoms with Crippen LogP contribution in [0.3, 0.4) is 0 Å². The Kier molecular flexibility index (Phi) is 9.97. The Balaban J connectivity index is 1.99. The maximum Gasteiger partial charge on any atom is 0.297 e. The van der Waals surface area contributed by atoms with E-state index < -0.39 is 95.3 Å². The number of nitrogens with zero attached hydrogens (tertiary/aromatic N) is 5. The highest BCUT2D eigenvalue weighted by Gasteiger charge is 2.27. The van der Waals surface area contributed by atoms with Crippen molar-refractivity contribution in [3.63, 3.8) is 0 Å². The fraction of sp³-hybridized carbons (Fsp3) is 0. The number of phenols is 2. The van der Waals surface area contributed by atoms with Gasteiger partial charge in [-0.3, -0.25) is 23.8 Å². The van der Waals surface area contributed by atoms with Crippen LogP contribution in [0.5, 0.6) is 11.5 Å². The summed E-state index contributed by atoms with van der Waals surface area (Å²) in [6.07, 6.45) is 0. The minimum Gasteiger partial charge on any atom is -0.505 e. The molecule has 0 radical (unpaired) electrons. The van der Waals surface area contributed by atoms with Crippen LogP contribution in [0.4, 0.5) is 34.1 Å². The van der Waals surface area contributed by atoms with Gasteiger partial charge in [0.15, 0.2) is 11.5 Å². The Morgan fingerprint density at radius 3 is 1.94 bits per heavy atom. The van der Waals surface area contributed by atoms with Gasteiger partial charge in [-0.25, -0.2) is 5.26 Å². The van der Waals surface area contributed by atoms with Crippen LogP contribution in [0.1, 0.15) is 0 Å². The Hall–Kier alpha value is -4.90. The summed E-state index contributed by atoms with van der Waals surface area (Å²) < 4.78 is 105. The quantitative estimate of drug-likeness (QED) is 0.0207. The van der Waals surface area contributed by atoms with Gasteiger partial charge in [0.2, 0.25) is 0 Å². The van der Waals surface area contributed by atoms with Crippen LogP contribution in [-0.4, -0.2) is 59.3 Å². The Bertz CT molecular complexity index is 2380. The SMILES string of the molecule is Nc1ccc(N=Nc2c(S(=O)(=O)O)cc3cc(SOOO)c(N=Nc4ccc([N+](=O)[O-])cc4S(=O)(=O)O)c(O)c3c2O)cc1S(=O)(=O)O. The maximum atomic E-state index is 12.3. The molecule has 0 heterocycles. The number of hydrogen-bond donors (Lipinski definition) is 7. The van der Waals surface area contributed by atoms with E-state index in [2.05, 4.69) is 29.8 Å².